The molecule has 0 aliphatic heterocycles. The van der Waals surface area contributed by atoms with Gasteiger partial charge in [-0.3, -0.25) is 0 Å². The predicted molar refractivity (Wildman–Crippen MR) is 135 cm³/mol. The molecule has 0 spiro atoms. The van der Waals surface area contributed by atoms with Crippen molar-refractivity contribution in [3.8, 4) is 0 Å². The molecule has 3 rings (SSSR count). The molecule has 0 radical (unpaired) electrons. The van der Waals surface area contributed by atoms with Crippen LogP contribution in [0.2, 0.25) is 0 Å². The third-order valence-electron chi connectivity index (χ3n) is 6.73. The minimum absolute atomic E-state index is 0.0905. The predicted octanol–water partition coefficient (Wildman–Crippen LogP) is 6.94. The summed E-state index contributed by atoms with van der Waals surface area (Å²) >= 11 is 24.4. The first-order valence-corrected chi connectivity index (χ1v) is 13.8. The van der Waals surface area contributed by atoms with E-state index in [1.165, 1.54) is 11.1 Å². The largest absolute Gasteiger partial charge is 0.501 e. The summed E-state index contributed by atoms with van der Waals surface area (Å²) in [5, 5.41) is 0. The van der Waals surface area contributed by atoms with Crippen molar-refractivity contribution in [1.82, 2.24) is 0 Å². The molecule has 32 heavy (non-hydrogen) atoms. The molecule has 0 bridgehead atoms. The van der Waals surface area contributed by atoms with Crippen molar-refractivity contribution in [2.24, 2.45) is 23.7 Å². The van der Waals surface area contributed by atoms with Gasteiger partial charge in [-0.1, -0.05) is 23.3 Å². The minimum Gasteiger partial charge on any atom is -0.501 e. The molecule has 0 saturated heterocycles. The Kier molecular flexibility index (Phi) is 11.6. The summed E-state index contributed by atoms with van der Waals surface area (Å²) in [6.45, 7) is 1.40. The summed E-state index contributed by atoms with van der Waals surface area (Å²) < 4.78 is 18.3. The van der Waals surface area contributed by atoms with Gasteiger partial charge >= 0.3 is 0 Å². The molecule has 0 aromatic heterocycles. The molecule has 0 fully saturated rings. The molecule has 0 unspecified atom stereocenters. The van der Waals surface area contributed by atoms with E-state index in [2.05, 4.69) is 18.2 Å². The monoisotopic (exact) mass is 524 g/mol. The Bertz CT molecular complexity index is 678. The molecular weight excluding hydrogens is 490 g/mol. The lowest BCUT2D eigenvalue weighted by Crippen LogP contribution is -2.29. The Morgan fingerprint density at radius 1 is 0.750 bits per heavy atom. The fourth-order valence-corrected chi connectivity index (χ4v) is 5.99. The Hall–Kier alpha value is 0.1000. The number of ether oxygens (including phenoxy) is 3. The maximum atomic E-state index is 6.36. The fraction of sp³-hybridized carbons (Fsp3) is 0.760. The zero-order valence-electron chi connectivity index (χ0n) is 18.9. The second kappa shape index (κ2) is 13.9. The van der Waals surface area contributed by atoms with Crippen LogP contribution >= 0.6 is 46.4 Å². The van der Waals surface area contributed by atoms with Gasteiger partial charge in [0.1, 0.15) is 0 Å². The summed E-state index contributed by atoms with van der Waals surface area (Å²) in [6.07, 6.45) is 12.7. The highest BCUT2D eigenvalue weighted by Crippen LogP contribution is 2.33. The van der Waals surface area contributed by atoms with E-state index in [1.54, 1.807) is 7.11 Å². The topological polar surface area (TPSA) is 27.7 Å². The third kappa shape index (κ3) is 8.10. The molecule has 3 aliphatic rings. The lowest BCUT2D eigenvalue weighted by molar-refractivity contribution is -0.00199. The van der Waals surface area contributed by atoms with E-state index in [1.807, 2.05) is 0 Å². The van der Waals surface area contributed by atoms with E-state index >= 15 is 0 Å². The summed E-state index contributed by atoms with van der Waals surface area (Å²) in [7, 11) is 1.75. The molecule has 0 aromatic rings. The second-order valence-electron chi connectivity index (χ2n) is 9.46. The highest BCUT2D eigenvalue weighted by atomic mass is 35.5. The molecule has 7 heteroatoms. The van der Waals surface area contributed by atoms with Gasteiger partial charge in [0, 0.05) is 35.9 Å². The summed E-state index contributed by atoms with van der Waals surface area (Å²) in [5.41, 5.74) is 2.48. The standard InChI is InChI=1S/C25H36Cl4O3/c1-30-23-9-21(15-31-24-5-17(11-26)2-18(6-24)12-27)4-22(10-23)16-32-25-7-19(13-28)3-20(8-25)14-29/h2,7,10,17,20-22,24-25H,3-6,8-9,11-16H2,1H3/t17-,20+,21-,22+,24-,25-/m1/s1. The van der Waals surface area contributed by atoms with Gasteiger partial charge in [0.15, 0.2) is 0 Å². The highest BCUT2D eigenvalue weighted by Gasteiger charge is 2.28. The highest BCUT2D eigenvalue weighted by molar-refractivity contribution is 6.20. The van der Waals surface area contributed by atoms with Crippen LogP contribution in [-0.4, -0.2) is 56.1 Å². The van der Waals surface area contributed by atoms with Crippen molar-refractivity contribution in [2.75, 3.05) is 43.8 Å². The zero-order valence-corrected chi connectivity index (χ0v) is 21.9. The van der Waals surface area contributed by atoms with Gasteiger partial charge in [-0.25, -0.2) is 0 Å². The quantitative estimate of drug-likeness (QED) is 0.216. The van der Waals surface area contributed by atoms with Crippen molar-refractivity contribution in [3.63, 3.8) is 0 Å². The number of allylic oxidation sites excluding steroid dienone is 3. The summed E-state index contributed by atoms with van der Waals surface area (Å²) in [6, 6.07) is 0. The molecule has 3 aliphatic carbocycles. The van der Waals surface area contributed by atoms with Gasteiger partial charge in [-0.15, -0.1) is 46.4 Å². The van der Waals surface area contributed by atoms with Gasteiger partial charge < -0.3 is 14.2 Å². The number of methoxy groups -OCH3 is 1. The zero-order chi connectivity index (χ0) is 22.9. The number of hydrogen-bond donors (Lipinski definition) is 0. The third-order valence-corrected chi connectivity index (χ3v) is 8.25. The van der Waals surface area contributed by atoms with Crippen LogP contribution in [0.5, 0.6) is 0 Å². The Balaban J connectivity index is 1.51. The first-order chi connectivity index (χ1) is 15.6. The molecule has 3 nitrogen and oxygen atoms in total. The minimum atomic E-state index is 0.0905. The van der Waals surface area contributed by atoms with Crippen LogP contribution in [0, 0.1) is 23.7 Å². The number of alkyl halides is 4. The van der Waals surface area contributed by atoms with E-state index in [4.69, 9.17) is 60.6 Å². The van der Waals surface area contributed by atoms with Gasteiger partial charge in [0.05, 0.1) is 38.3 Å². The Labute approximate surface area is 213 Å². The van der Waals surface area contributed by atoms with Gasteiger partial charge in [0.2, 0.25) is 0 Å². The van der Waals surface area contributed by atoms with Crippen LogP contribution in [0.25, 0.3) is 0 Å². The van der Waals surface area contributed by atoms with Crippen molar-refractivity contribution >= 4 is 46.4 Å². The average molecular weight is 526 g/mol. The second-order valence-corrected chi connectivity index (χ2v) is 10.6. The number of rotatable bonds is 11. The molecule has 182 valence electrons. The lowest BCUT2D eigenvalue weighted by atomic mass is 9.85. The average Bonchev–Trinajstić information content (AvgIpc) is 2.85. The first-order valence-electron chi connectivity index (χ1n) is 11.7. The van der Waals surface area contributed by atoms with E-state index < -0.39 is 0 Å². The van der Waals surface area contributed by atoms with Gasteiger partial charge in [-0.2, -0.15) is 0 Å². The van der Waals surface area contributed by atoms with E-state index in [9.17, 15) is 0 Å². The molecule has 0 aromatic carbocycles. The van der Waals surface area contributed by atoms with E-state index in [-0.39, 0.29) is 12.2 Å². The SMILES string of the molecule is COC1=C[C@@H](CO[C@@H]2C=C(CCl)C[C@H](CCl)C2)C[C@@H](CO[C@H]2CC(CCl)=C[C@@H](CCl)C2)C1. The summed E-state index contributed by atoms with van der Waals surface area (Å²) in [5.74, 6) is 4.93. The maximum Gasteiger partial charge on any atom is 0.0923 e. The number of hydrogen-bond acceptors (Lipinski definition) is 3. The van der Waals surface area contributed by atoms with Gasteiger partial charge in [-0.05, 0) is 55.9 Å². The van der Waals surface area contributed by atoms with Crippen LogP contribution in [0.15, 0.2) is 35.1 Å². The van der Waals surface area contributed by atoms with E-state index in [0.717, 1.165) is 50.9 Å². The van der Waals surface area contributed by atoms with Gasteiger partial charge in [0.25, 0.3) is 0 Å². The van der Waals surface area contributed by atoms with Crippen LogP contribution in [0.3, 0.4) is 0 Å². The smallest absolute Gasteiger partial charge is 0.0923 e. The lowest BCUT2D eigenvalue weighted by Gasteiger charge is -2.32. The van der Waals surface area contributed by atoms with Crippen LogP contribution in [0.4, 0.5) is 0 Å². The van der Waals surface area contributed by atoms with Crippen LogP contribution in [0.1, 0.15) is 38.5 Å². The molecule has 6 atom stereocenters. The number of halogens is 4. The Morgan fingerprint density at radius 2 is 1.53 bits per heavy atom. The van der Waals surface area contributed by atoms with Crippen molar-refractivity contribution in [1.29, 1.82) is 0 Å². The normalized spacial score (nSPS) is 33.3. The van der Waals surface area contributed by atoms with Crippen molar-refractivity contribution in [2.45, 2.75) is 50.7 Å². The first kappa shape index (κ1) is 26.7. The Morgan fingerprint density at radius 3 is 2.22 bits per heavy atom. The van der Waals surface area contributed by atoms with Crippen LogP contribution in [-0.2, 0) is 14.2 Å². The molecule has 0 N–H and O–H groups in total. The molecule has 0 heterocycles. The molecule has 0 amide bonds. The van der Waals surface area contributed by atoms with Crippen molar-refractivity contribution in [3.05, 3.63) is 35.1 Å². The van der Waals surface area contributed by atoms with Crippen molar-refractivity contribution < 1.29 is 14.2 Å². The van der Waals surface area contributed by atoms with Crippen LogP contribution < -0.4 is 0 Å². The molecule has 0 saturated carbocycles. The molecular formula is C25H36Cl4O3. The maximum absolute atomic E-state index is 6.36. The fourth-order valence-electron chi connectivity index (χ4n) is 5.14. The van der Waals surface area contributed by atoms with E-state index in [0.29, 0.717) is 53.8 Å². The summed E-state index contributed by atoms with van der Waals surface area (Å²) in [4.78, 5) is 0.